The Hall–Kier alpha value is -3.65. The summed E-state index contributed by atoms with van der Waals surface area (Å²) >= 11 is 0. The minimum Gasteiger partial charge on any atom is -0.478 e. The Labute approximate surface area is 205 Å². The second kappa shape index (κ2) is 8.85. The minimum atomic E-state index is -4.19. The third-order valence-electron chi connectivity index (χ3n) is 5.93. The molecule has 0 spiro atoms. The molecule has 0 aliphatic heterocycles. The number of aromatic carboxylic acids is 1. The first-order valence-corrected chi connectivity index (χ1v) is 12.7. The van der Waals surface area contributed by atoms with E-state index < -0.39 is 16.0 Å². The molecule has 0 atom stereocenters. The lowest BCUT2D eigenvalue weighted by atomic mass is 9.87. The van der Waals surface area contributed by atoms with E-state index in [1.165, 1.54) is 22.8 Å². The number of rotatable bonds is 6. The molecule has 0 saturated heterocycles. The molecule has 0 amide bonds. The zero-order valence-electron chi connectivity index (χ0n) is 20.3. The second-order valence-corrected chi connectivity index (χ2v) is 11.6. The fourth-order valence-electron chi connectivity index (χ4n) is 3.99. The molecule has 1 heterocycles. The summed E-state index contributed by atoms with van der Waals surface area (Å²) < 4.78 is 34.6. The zero-order valence-corrected chi connectivity index (χ0v) is 21.1. The third kappa shape index (κ3) is 4.66. The van der Waals surface area contributed by atoms with Crippen LogP contribution in [0.5, 0.6) is 0 Å². The summed E-state index contributed by atoms with van der Waals surface area (Å²) in [6, 6.07) is 16.5. The van der Waals surface area contributed by atoms with Crippen LogP contribution in [-0.4, -0.2) is 24.5 Å². The zero-order chi connectivity index (χ0) is 25.5. The average molecular weight is 493 g/mol. The van der Waals surface area contributed by atoms with Gasteiger partial charge in [0.15, 0.2) is 12.0 Å². The van der Waals surface area contributed by atoms with Gasteiger partial charge in [0.2, 0.25) is 0 Å². The molecule has 4 aromatic rings. The van der Waals surface area contributed by atoms with E-state index in [-0.39, 0.29) is 21.8 Å². The van der Waals surface area contributed by atoms with Crippen molar-refractivity contribution in [1.82, 2.24) is 4.98 Å². The second-order valence-electron chi connectivity index (χ2n) is 9.78. The van der Waals surface area contributed by atoms with Crippen molar-refractivity contribution < 1.29 is 22.7 Å². The van der Waals surface area contributed by atoms with Gasteiger partial charge >= 0.3 is 5.97 Å². The first-order valence-electron chi connectivity index (χ1n) is 11.3. The van der Waals surface area contributed by atoms with Crippen LogP contribution in [0.25, 0.3) is 11.1 Å². The molecule has 0 bridgehead atoms. The summed E-state index contributed by atoms with van der Waals surface area (Å²) in [6.45, 7) is 9.98. The van der Waals surface area contributed by atoms with Crippen molar-refractivity contribution in [3.8, 4) is 0 Å². The Morgan fingerprint density at radius 3 is 2.23 bits per heavy atom. The van der Waals surface area contributed by atoms with Gasteiger partial charge in [-0.2, -0.15) is 0 Å². The molecule has 7 nitrogen and oxygen atoms in total. The molecule has 0 aliphatic rings. The highest BCUT2D eigenvalue weighted by Crippen LogP contribution is 2.36. The Balaban J connectivity index is 1.92. The highest BCUT2D eigenvalue weighted by atomic mass is 32.2. The van der Waals surface area contributed by atoms with Crippen LogP contribution < -0.4 is 4.31 Å². The molecule has 182 valence electrons. The highest BCUT2D eigenvalue weighted by Gasteiger charge is 2.29. The SMILES string of the molecule is CC(C)c1ccc(S(=O)(=O)N(c2ccc(C(C)(C)C)cc2)c2ccc3ocnc3c2)cc1C(=O)O. The van der Waals surface area contributed by atoms with Crippen LogP contribution in [0.1, 0.15) is 62.0 Å². The summed E-state index contributed by atoms with van der Waals surface area (Å²) in [4.78, 5) is 16.0. The van der Waals surface area contributed by atoms with E-state index in [0.29, 0.717) is 28.0 Å². The molecular weight excluding hydrogens is 464 g/mol. The van der Waals surface area contributed by atoms with E-state index in [4.69, 9.17) is 4.42 Å². The van der Waals surface area contributed by atoms with Gasteiger partial charge in [-0.25, -0.2) is 22.5 Å². The van der Waals surface area contributed by atoms with Crippen LogP contribution in [0.15, 0.2) is 76.4 Å². The van der Waals surface area contributed by atoms with Gasteiger partial charge in [0.25, 0.3) is 10.0 Å². The van der Waals surface area contributed by atoms with Crippen LogP contribution in [0, 0.1) is 0 Å². The fourth-order valence-corrected chi connectivity index (χ4v) is 5.49. The van der Waals surface area contributed by atoms with Crippen molar-refractivity contribution in [2.45, 2.75) is 50.8 Å². The van der Waals surface area contributed by atoms with Gasteiger partial charge in [0, 0.05) is 0 Å². The van der Waals surface area contributed by atoms with E-state index >= 15 is 0 Å². The number of anilines is 2. The number of carboxylic acids is 1. The molecule has 0 saturated carbocycles. The largest absolute Gasteiger partial charge is 0.478 e. The number of carboxylic acid groups (broad SMARTS) is 1. The summed E-state index contributed by atoms with van der Waals surface area (Å²) in [6.07, 6.45) is 1.30. The molecule has 0 aliphatic carbocycles. The smallest absolute Gasteiger partial charge is 0.336 e. The van der Waals surface area contributed by atoms with Crippen LogP contribution in [-0.2, 0) is 15.4 Å². The van der Waals surface area contributed by atoms with Crippen LogP contribution in [0.4, 0.5) is 11.4 Å². The summed E-state index contributed by atoms with van der Waals surface area (Å²) in [7, 11) is -4.19. The minimum absolute atomic E-state index is 0.0314. The van der Waals surface area contributed by atoms with Gasteiger partial charge in [-0.1, -0.05) is 52.8 Å². The molecule has 0 radical (unpaired) electrons. The van der Waals surface area contributed by atoms with Gasteiger partial charge in [-0.05, 0) is 64.9 Å². The predicted octanol–water partition coefficient (Wildman–Crippen LogP) is 6.47. The van der Waals surface area contributed by atoms with Gasteiger partial charge in [-0.15, -0.1) is 0 Å². The quantitative estimate of drug-likeness (QED) is 0.331. The predicted molar refractivity (Wildman–Crippen MR) is 136 cm³/mol. The van der Waals surface area contributed by atoms with Crippen molar-refractivity contribution >= 4 is 38.5 Å². The number of hydrogen-bond acceptors (Lipinski definition) is 5. The van der Waals surface area contributed by atoms with Gasteiger partial charge < -0.3 is 9.52 Å². The number of hydrogen-bond donors (Lipinski definition) is 1. The number of benzene rings is 3. The van der Waals surface area contributed by atoms with E-state index in [0.717, 1.165) is 5.56 Å². The lowest BCUT2D eigenvalue weighted by Crippen LogP contribution is -2.27. The Morgan fingerprint density at radius 2 is 1.63 bits per heavy atom. The number of carbonyl (C=O) groups is 1. The van der Waals surface area contributed by atoms with E-state index in [9.17, 15) is 18.3 Å². The van der Waals surface area contributed by atoms with Crippen molar-refractivity contribution in [3.63, 3.8) is 0 Å². The van der Waals surface area contributed by atoms with Crippen molar-refractivity contribution in [2.75, 3.05) is 4.31 Å². The molecule has 3 aromatic carbocycles. The Kier molecular flexibility index (Phi) is 6.19. The molecule has 0 fully saturated rings. The molecule has 4 rings (SSSR count). The first kappa shape index (κ1) is 24.5. The maximum atomic E-state index is 14.0. The molecule has 0 unspecified atom stereocenters. The lowest BCUT2D eigenvalue weighted by Gasteiger charge is -2.26. The third-order valence-corrected chi connectivity index (χ3v) is 7.68. The normalized spacial score (nSPS) is 12.3. The standard InChI is InChI=1S/C27H28N2O5S/c1-17(2)22-12-11-21(15-23(22)26(30)31)35(32,33)29(19-8-6-18(7-9-19)27(3,4)5)20-10-13-25-24(14-20)28-16-34-25/h6-17H,1-5H3,(H,30,31). The maximum Gasteiger partial charge on any atom is 0.336 e. The summed E-state index contributed by atoms with van der Waals surface area (Å²) in [5.41, 5.74) is 3.31. The van der Waals surface area contributed by atoms with Crippen LogP contribution in [0.3, 0.4) is 0 Å². The summed E-state index contributed by atoms with van der Waals surface area (Å²) in [5.74, 6) is -1.25. The summed E-state index contributed by atoms with van der Waals surface area (Å²) in [5, 5.41) is 9.75. The van der Waals surface area contributed by atoms with Crippen LogP contribution >= 0.6 is 0 Å². The van der Waals surface area contributed by atoms with Crippen molar-refractivity contribution in [1.29, 1.82) is 0 Å². The van der Waals surface area contributed by atoms with Crippen molar-refractivity contribution in [2.24, 2.45) is 0 Å². The lowest BCUT2D eigenvalue weighted by molar-refractivity contribution is 0.0695. The highest BCUT2D eigenvalue weighted by molar-refractivity contribution is 7.93. The first-order chi connectivity index (χ1) is 16.4. The molecule has 1 N–H and O–H groups in total. The van der Waals surface area contributed by atoms with Gasteiger partial charge in [-0.3, -0.25) is 0 Å². The number of fused-ring (bicyclic) bond motifs is 1. The number of nitrogens with zero attached hydrogens (tertiary/aromatic N) is 2. The Morgan fingerprint density at radius 1 is 0.971 bits per heavy atom. The molecule has 1 aromatic heterocycles. The van der Waals surface area contributed by atoms with E-state index in [2.05, 4.69) is 25.8 Å². The van der Waals surface area contributed by atoms with Crippen molar-refractivity contribution in [3.05, 3.63) is 83.7 Å². The monoisotopic (exact) mass is 492 g/mol. The molecule has 35 heavy (non-hydrogen) atoms. The average Bonchev–Trinajstić information content (AvgIpc) is 3.26. The van der Waals surface area contributed by atoms with E-state index in [1.807, 2.05) is 26.0 Å². The van der Waals surface area contributed by atoms with Gasteiger partial charge in [0.05, 0.1) is 21.8 Å². The Bertz CT molecular complexity index is 1500. The number of oxazole rings is 1. The van der Waals surface area contributed by atoms with Crippen LogP contribution in [0.2, 0.25) is 0 Å². The molecule has 8 heteroatoms. The fraction of sp³-hybridized carbons (Fsp3) is 0.259. The molecular formula is C27H28N2O5S. The van der Waals surface area contributed by atoms with Gasteiger partial charge in [0.1, 0.15) is 5.52 Å². The van der Waals surface area contributed by atoms with E-state index in [1.54, 1.807) is 36.4 Å². The topological polar surface area (TPSA) is 101 Å². The number of sulfonamides is 1. The number of aromatic nitrogens is 1. The maximum absolute atomic E-state index is 14.0.